The highest BCUT2D eigenvalue weighted by Crippen LogP contribution is 2.52. The lowest BCUT2D eigenvalue weighted by atomic mass is 10.4. The Kier molecular flexibility index (Phi) is 4.51. The van der Waals surface area contributed by atoms with E-state index in [0.717, 1.165) is 0 Å². The molecule has 7 heteroatoms. The Morgan fingerprint density at radius 3 is 1.90 bits per heavy atom. The van der Waals surface area contributed by atoms with Gasteiger partial charge in [-0.2, -0.15) is 0 Å². The number of rotatable bonds is 4. The molecule has 0 aromatic heterocycles. The first-order chi connectivity index (χ1) is 4.49. The summed E-state index contributed by atoms with van der Waals surface area (Å²) < 4.78 is 10.3. The minimum atomic E-state index is -4.00. The zero-order chi connectivity index (χ0) is 8.20. The van der Waals surface area contributed by atoms with Gasteiger partial charge >= 0.3 is 6.80 Å². The summed E-state index contributed by atoms with van der Waals surface area (Å²) in [4.78, 5) is 16.8. The second kappa shape index (κ2) is 4.33. The summed E-state index contributed by atoms with van der Waals surface area (Å²) in [5.74, 6) is 0. The second-order valence-corrected chi connectivity index (χ2v) is 5.61. The van der Waals surface area contributed by atoms with Crippen LogP contribution in [0.3, 0.4) is 0 Å². The summed E-state index contributed by atoms with van der Waals surface area (Å²) in [5, 5.41) is -0.346. The van der Waals surface area contributed by atoms with Gasteiger partial charge in [0.15, 0.2) is 0 Å². The molecule has 0 fully saturated rings. The Morgan fingerprint density at radius 2 is 1.80 bits per heavy atom. The standard InChI is InChI=1S/C3H11N2O3PS/c4-1-3(2-5)10-9(6,7)8/h3H,1-2,4-5H2,(H2,6,7,8). The van der Waals surface area contributed by atoms with E-state index in [1.165, 1.54) is 0 Å². The average molecular weight is 186 g/mol. The first-order valence-electron chi connectivity index (χ1n) is 2.63. The van der Waals surface area contributed by atoms with Crippen molar-refractivity contribution in [2.75, 3.05) is 13.1 Å². The van der Waals surface area contributed by atoms with Crippen LogP contribution in [0, 0.1) is 0 Å². The maximum absolute atomic E-state index is 10.3. The number of hydrogen-bond donors (Lipinski definition) is 4. The molecule has 0 aliphatic rings. The van der Waals surface area contributed by atoms with Crippen molar-refractivity contribution in [3.63, 3.8) is 0 Å². The Morgan fingerprint density at radius 1 is 1.40 bits per heavy atom. The van der Waals surface area contributed by atoms with E-state index < -0.39 is 6.80 Å². The lowest BCUT2D eigenvalue weighted by molar-refractivity contribution is 0.396. The SMILES string of the molecule is NCC(CN)SP(=O)(O)O. The molecule has 6 N–H and O–H groups in total. The third kappa shape index (κ3) is 5.22. The molecule has 0 atom stereocenters. The predicted octanol–water partition coefficient (Wildman–Crippen LogP) is -0.902. The molecule has 0 aliphatic heterocycles. The van der Waals surface area contributed by atoms with E-state index in [0.29, 0.717) is 11.4 Å². The quantitative estimate of drug-likeness (QED) is 0.423. The van der Waals surface area contributed by atoms with Gasteiger partial charge < -0.3 is 21.3 Å². The largest absolute Gasteiger partial charge is 0.384 e. The monoisotopic (exact) mass is 186 g/mol. The molecule has 0 radical (unpaired) electrons. The van der Waals surface area contributed by atoms with Crippen molar-refractivity contribution in [2.24, 2.45) is 11.5 Å². The molecule has 0 aliphatic carbocycles. The molecule has 0 saturated heterocycles. The second-order valence-electron chi connectivity index (χ2n) is 1.69. The van der Waals surface area contributed by atoms with Gasteiger partial charge in [-0.15, -0.1) is 0 Å². The Balaban J connectivity index is 3.75. The van der Waals surface area contributed by atoms with Crippen molar-refractivity contribution in [3.05, 3.63) is 0 Å². The highest BCUT2D eigenvalue weighted by Gasteiger charge is 2.19. The van der Waals surface area contributed by atoms with Gasteiger partial charge in [-0.05, 0) is 11.4 Å². The highest BCUT2D eigenvalue weighted by molar-refractivity contribution is 8.54. The summed E-state index contributed by atoms with van der Waals surface area (Å²) in [6, 6.07) is 0. The third-order valence-corrected chi connectivity index (χ3v) is 3.49. The van der Waals surface area contributed by atoms with Crippen LogP contribution in [-0.2, 0) is 4.57 Å². The molecule has 0 spiro atoms. The fraction of sp³-hybridized carbons (Fsp3) is 1.00. The van der Waals surface area contributed by atoms with E-state index in [9.17, 15) is 4.57 Å². The van der Waals surface area contributed by atoms with E-state index in [1.54, 1.807) is 0 Å². The van der Waals surface area contributed by atoms with Gasteiger partial charge in [-0.1, -0.05) is 0 Å². The Bertz CT molecular complexity index is 134. The van der Waals surface area contributed by atoms with Gasteiger partial charge in [0.25, 0.3) is 0 Å². The predicted molar refractivity (Wildman–Crippen MR) is 41.5 cm³/mol. The minimum Gasteiger partial charge on any atom is -0.329 e. The maximum Gasteiger partial charge on any atom is 0.384 e. The summed E-state index contributed by atoms with van der Waals surface area (Å²) in [7, 11) is 0. The first kappa shape index (κ1) is 10.4. The van der Waals surface area contributed by atoms with Gasteiger partial charge in [-0.25, -0.2) is 4.57 Å². The first-order valence-corrected chi connectivity index (χ1v) is 5.73. The van der Waals surface area contributed by atoms with E-state index in [2.05, 4.69) is 0 Å². The number of hydrogen-bond acceptors (Lipinski definition) is 4. The van der Waals surface area contributed by atoms with Crippen LogP contribution >= 0.6 is 18.2 Å². The van der Waals surface area contributed by atoms with E-state index >= 15 is 0 Å². The molecular formula is C3H11N2O3PS. The summed E-state index contributed by atoms with van der Waals surface area (Å²) in [6.07, 6.45) is 0. The van der Waals surface area contributed by atoms with Crippen molar-refractivity contribution in [3.8, 4) is 0 Å². The molecular weight excluding hydrogens is 175 g/mol. The molecule has 0 rings (SSSR count). The summed E-state index contributed by atoms with van der Waals surface area (Å²) in [6.45, 7) is -3.62. The van der Waals surface area contributed by atoms with E-state index in [1.807, 2.05) is 0 Å². The van der Waals surface area contributed by atoms with Crippen LogP contribution in [0.25, 0.3) is 0 Å². The molecule has 0 unspecified atom stereocenters. The Hall–Kier alpha value is 0.420. The van der Waals surface area contributed by atoms with Crippen LogP contribution in [0.1, 0.15) is 0 Å². The molecule has 5 nitrogen and oxygen atoms in total. The van der Waals surface area contributed by atoms with Crippen molar-refractivity contribution in [1.29, 1.82) is 0 Å². The summed E-state index contributed by atoms with van der Waals surface area (Å²) in [5.41, 5.74) is 10.3. The molecule has 0 bridgehead atoms. The van der Waals surface area contributed by atoms with Crippen molar-refractivity contribution in [1.82, 2.24) is 0 Å². The van der Waals surface area contributed by atoms with Crippen molar-refractivity contribution in [2.45, 2.75) is 5.25 Å². The fourth-order valence-electron chi connectivity index (χ4n) is 0.376. The van der Waals surface area contributed by atoms with Gasteiger partial charge in [-0.3, -0.25) is 0 Å². The zero-order valence-corrected chi connectivity index (χ0v) is 7.02. The maximum atomic E-state index is 10.3. The van der Waals surface area contributed by atoms with Gasteiger partial charge in [0.2, 0.25) is 0 Å². The van der Waals surface area contributed by atoms with Gasteiger partial charge in [0.1, 0.15) is 0 Å². The normalized spacial score (nSPS) is 12.5. The smallest absolute Gasteiger partial charge is 0.329 e. The van der Waals surface area contributed by atoms with Gasteiger partial charge in [0.05, 0.1) is 0 Å². The molecule has 0 heterocycles. The molecule has 0 saturated carbocycles. The zero-order valence-electron chi connectivity index (χ0n) is 5.30. The summed E-state index contributed by atoms with van der Waals surface area (Å²) >= 11 is 0.519. The molecule has 0 aromatic carbocycles. The molecule has 10 heavy (non-hydrogen) atoms. The average Bonchev–Trinajstić information content (AvgIpc) is 1.81. The van der Waals surface area contributed by atoms with Crippen LogP contribution in [0.4, 0.5) is 0 Å². The molecule has 0 aromatic rings. The van der Waals surface area contributed by atoms with Gasteiger partial charge in [0, 0.05) is 18.3 Å². The lowest BCUT2D eigenvalue weighted by Crippen LogP contribution is -2.25. The van der Waals surface area contributed by atoms with Crippen LogP contribution < -0.4 is 11.5 Å². The fourth-order valence-corrected chi connectivity index (χ4v) is 2.62. The van der Waals surface area contributed by atoms with Crippen molar-refractivity contribution >= 4 is 18.2 Å². The van der Waals surface area contributed by atoms with Crippen LogP contribution in [0.5, 0.6) is 0 Å². The molecule has 0 amide bonds. The van der Waals surface area contributed by atoms with Crippen LogP contribution in [0.15, 0.2) is 0 Å². The van der Waals surface area contributed by atoms with E-state index in [4.69, 9.17) is 21.3 Å². The third-order valence-electron chi connectivity index (χ3n) is 0.812. The van der Waals surface area contributed by atoms with Crippen molar-refractivity contribution < 1.29 is 14.4 Å². The topological polar surface area (TPSA) is 110 Å². The Labute approximate surface area is 63.1 Å². The lowest BCUT2D eigenvalue weighted by Gasteiger charge is -2.11. The van der Waals surface area contributed by atoms with Crippen LogP contribution in [0.2, 0.25) is 0 Å². The van der Waals surface area contributed by atoms with Crippen LogP contribution in [-0.4, -0.2) is 28.1 Å². The number of nitrogens with two attached hydrogens (primary N) is 2. The molecule has 62 valence electrons. The van der Waals surface area contributed by atoms with E-state index in [-0.39, 0.29) is 18.3 Å². The minimum absolute atomic E-state index is 0.187. The highest BCUT2D eigenvalue weighted by atomic mass is 32.7.